The second kappa shape index (κ2) is 5.04. The van der Waals surface area contributed by atoms with Crippen molar-refractivity contribution in [3.8, 4) is 0 Å². The summed E-state index contributed by atoms with van der Waals surface area (Å²) in [6, 6.07) is 1.10. The van der Waals surface area contributed by atoms with Gasteiger partial charge in [0.05, 0.1) is 0 Å². The predicted octanol–water partition coefficient (Wildman–Crippen LogP) is 1.95. The summed E-state index contributed by atoms with van der Waals surface area (Å²) in [6.07, 6.45) is 2.68. The standard InChI is InChI=1S/C12H22N4O/c1-8(2)11-14-12(17-15-11)13-7-10(16(3)4)9-5-6-9/h8-10H,5-7H2,1-4H3,(H,13,14,15)/t10-/m1/s1. The van der Waals surface area contributed by atoms with Crippen LogP contribution in [0.4, 0.5) is 6.01 Å². The first-order valence-electron chi connectivity index (χ1n) is 6.32. The van der Waals surface area contributed by atoms with Crippen molar-refractivity contribution in [2.75, 3.05) is 26.0 Å². The molecule has 1 fully saturated rings. The fourth-order valence-electron chi connectivity index (χ4n) is 1.98. The summed E-state index contributed by atoms with van der Waals surface area (Å²) < 4.78 is 5.17. The van der Waals surface area contributed by atoms with Crippen LogP contribution >= 0.6 is 0 Å². The van der Waals surface area contributed by atoms with Crippen LogP contribution in [0, 0.1) is 5.92 Å². The smallest absolute Gasteiger partial charge is 0.321 e. The molecule has 5 nitrogen and oxygen atoms in total. The molecule has 1 aliphatic rings. The van der Waals surface area contributed by atoms with Crippen molar-refractivity contribution in [2.24, 2.45) is 5.92 Å². The molecular weight excluding hydrogens is 216 g/mol. The minimum Gasteiger partial charge on any atom is -0.336 e. The maximum Gasteiger partial charge on any atom is 0.321 e. The highest BCUT2D eigenvalue weighted by Gasteiger charge is 2.32. The second-order valence-corrected chi connectivity index (χ2v) is 5.36. The van der Waals surface area contributed by atoms with Crippen molar-refractivity contribution >= 4 is 6.01 Å². The summed E-state index contributed by atoms with van der Waals surface area (Å²) >= 11 is 0. The molecule has 1 heterocycles. The summed E-state index contributed by atoms with van der Waals surface area (Å²) in [6.45, 7) is 4.99. The molecule has 17 heavy (non-hydrogen) atoms. The molecule has 0 aliphatic heterocycles. The molecule has 0 amide bonds. The molecule has 1 atom stereocenters. The van der Waals surface area contributed by atoms with Crippen LogP contribution in [0.3, 0.4) is 0 Å². The lowest BCUT2D eigenvalue weighted by Crippen LogP contribution is -2.36. The first-order chi connectivity index (χ1) is 8.08. The number of rotatable bonds is 6. The van der Waals surface area contributed by atoms with Crippen LogP contribution in [0.15, 0.2) is 4.52 Å². The van der Waals surface area contributed by atoms with Gasteiger partial charge in [0.25, 0.3) is 0 Å². The van der Waals surface area contributed by atoms with E-state index in [1.807, 2.05) is 0 Å². The zero-order valence-electron chi connectivity index (χ0n) is 11.1. The van der Waals surface area contributed by atoms with Crippen LogP contribution in [-0.2, 0) is 0 Å². The molecule has 1 aromatic heterocycles. The van der Waals surface area contributed by atoms with Crippen LogP contribution in [0.2, 0.25) is 0 Å². The number of nitrogens with zero attached hydrogens (tertiary/aromatic N) is 3. The molecule has 1 aliphatic carbocycles. The average molecular weight is 238 g/mol. The third kappa shape index (κ3) is 3.19. The van der Waals surface area contributed by atoms with Crippen molar-refractivity contribution in [1.29, 1.82) is 0 Å². The number of likely N-dealkylation sites (N-methyl/N-ethyl adjacent to an activating group) is 1. The zero-order chi connectivity index (χ0) is 12.4. The Hall–Kier alpha value is -1.10. The van der Waals surface area contributed by atoms with Crippen molar-refractivity contribution in [3.05, 3.63) is 5.82 Å². The maximum absolute atomic E-state index is 5.17. The molecule has 0 unspecified atom stereocenters. The first-order valence-corrected chi connectivity index (χ1v) is 6.32. The van der Waals surface area contributed by atoms with Gasteiger partial charge in [0.15, 0.2) is 5.82 Å². The van der Waals surface area contributed by atoms with Gasteiger partial charge in [0, 0.05) is 18.5 Å². The van der Waals surface area contributed by atoms with E-state index in [1.54, 1.807) is 0 Å². The summed E-state index contributed by atoms with van der Waals surface area (Å²) in [5.41, 5.74) is 0. The van der Waals surface area contributed by atoms with Gasteiger partial charge in [0.2, 0.25) is 0 Å². The van der Waals surface area contributed by atoms with Gasteiger partial charge in [-0.25, -0.2) is 0 Å². The van der Waals surface area contributed by atoms with Crippen LogP contribution in [0.25, 0.3) is 0 Å². The Morgan fingerprint density at radius 2 is 2.12 bits per heavy atom. The number of aromatic nitrogens is 2. The van der Waals surface area contributed by atoms with Crippen LogP contribution in [-0.4, -0.2) is 41.7 Å². The van der Waals surface area contributed by atoms with Gasteiger partial charge in [-0.05, 0) is 32.9 Å². The van der Waals surface area contributed by atoms with Crippen molar-refractivity contribution < 1.29 is 4.52 Å². The van der Waals surface area contributed by atoms with E-state index in [0.29, 0.717) is 18.0 Å². The number of hydrogen-bond acceptors (Lipinski definition) is 5. The van der Waals surface area contributed by atoms with E-state index in [4.69, 9.17) is 4.52 Å². The van der Waals surface area contributed by atoms with Gasteiger partial charge in [-0.1, -0.05) is 19.0 Å². The molecule has 2 rings (SSSR count). The third-order valence-electron chi connectivity index (χ3n) is 3.25. The van der Waals surface area contributed by atoms with Crippen LogP contribution in [0.5, 0.6) is 0 Å². The summed E-state index contributed by atoms with van der Waals surface area (Å²) in [5.74, 6) is 1.90. The van der Waals surface area contributed by atoms with Crippen molar-refractivity contribution in [2.45, 2.75) is 38.6 Å². The SMILES string of the molecule is CC(C)c1noc(NC[C@H](C2CC2)N(C)C)n1. The summed E-state index contributed by atoms with van der Waals surface area (Å²) in [7, 11) is 4.25. The molecular formula is C12H22N4O. The molecule has 0 bridgehead atoms. The van der Waals surface area contributed by atoms with Gasteiger partial charge in [0.1, 0.15) is 0 Å². The fourth-order valence-corrected chi connectivity index (χ4v) is 1.98. The molecule has 96 valence electrons. The molecule has 0 aromatic carbocycles. The lowest BCUT2D eigenvalue weighted by atomic mass is 10.1. The minimum absolute atomic E-state index is 0.308. The Balaban J connectivity index is 1.87. The average Bonchev–Trinajstić information content (AvgIpc) is 2.95. The van der Waals surface area contributed by atoms with E-state index in [9.17, 15) is 0 Å². The van der Waals surface area contributed by atoms with Gasteiger partial charge in [-0.2, -0.15) is 4.98 Å². The molecule has 0 radical (unpaired) electrons. The van der Waals surface area contributed by atoms with Crippen molar-refractivity contribution in [3.63, 3.8) is 0 Å². The van der Waals surface area contributed by atoms with Gasteiger partial charge in [-0.3, -0.25) is 0 Å². The normalized spacial score (nSPS) is 17.8. The van der Waals surface area contributed by atoms with E-state index in [2.05, 4.69) is 48.3 Å². The Morgan fingerprint density at radius 3 is 2.59 bits per heavy atom. The van der Waals surface area contributed by atoms with E-state index in [1.165, 1.54) is 12.8 Å². The largest absolute Gasteiger partial charge is 0.336 e. The maximum atomic E-state index is 5.17. The third-order valence-corrected chi connectivity index (χ3v) is 3.25. The molecule has 1 N–H and O–H groups in total. The number of anilines is 1. The van der Waals surface area contributed by atoms with Gasteiger partial charge < -0.3 is 14.7 Å². The first kappa shape index (κ1) is 12.4. The van der Waals surface area contributed by atoms with E-state index in [-0.39, 0.29) is 0 Å². The van der Waals surface area contributed by atoms with Crippen LogP contribution in [0.1, 0.15) is 38.4 Å². The fraction of sp³-hybridized carbons (Fsp3) is 0.833. The minimum atomic E-state index is 0.308. The van der Waals surface area contributed by atoms with E-state index in [0.717, 1.165) is 18.3 Å². The highest BCUT2D eigenvalue weighted by molar-refractivity contribution is 5.19. The number of nitrogens with one attached hydrogen (secondary N) is 1. The molecule has 1 aromatic rings. The Kier molecular flexibility index (Phi) is 3.66. The van der Waals surface area contributed by atoms with Crippen molar-refractivity contribution in [1.82, 2.24) is 15.0 Å². The van der Waals surface area contributed by atoms with Crippen LogP contribution < -0.4 is 5.32 Å². The van der Waals surface area contributed by atoms with E-state index >= 15 is 0 Å². The summed E-state index contributed by atoms with van der Waals surface area (Å²) in [4.78, 5) is 6.58. The Bertz CT molecular complexity index is 355. The quantitative estimate of drug-likeness (QED) is 0.821. The summed E-state index contributed by atoms with van der Waals surface area (Å²) in [5, 5.41) is 7.18. The lowest BCUT2D eigenvalue weighted by Gasteiger charge is -2.23. The molecule has 0 spiro atoms. The lowest BCUT2D eigenvalue weighted by molar-refractivity contribution is 0.274. The number of hydrogen-bond donors (Lipinski definition) is 1. The molecule has 0 saturated heterocycles. The second-order valence-electron chi connectivity index (χ2n) is 5.36. The highest BCUT2D eigenvalue weighted by atomic mass is 16.5. The monoisotopic (exact) mass is 238 g/mol. The highest BCUT2D eigenvalue weighted by Crippen LogP contribution is 2.34. The molecule has 1 saturated carbocycles. The topological polar surface area (TPSA) is 54.2 Å². The van der Waals surface area contributed by atoms with E-state index < -0.39 is 0 Å². The Morgan fingerprint density at radius 1 is 1.41 bits per heavy atom. The van der Waals surface area contributed by atoms with Gasteiger partial charge >= 0.3 is 6.01 Å². The van der Waals surface area contributed by atoms with Gasteiger partial charge in [-0.15, -0.1) is 0 Å². The molecule has 5 heteroatoms. The predicted molar refractivity (Wildman–Crippen MR) is 67.1 cm³/mol. The zero-order valence-corrected chi connectivity index (χ0v) is 11.1. The Labute approximate surface area is 103 Å².